The number of carbonyl (C=O) groups is 1. The van der Waals surface area contributed by atoms with E-state index >= 15 is 0 Å². The highest BCUT2D eigenvalue weighted by Crippen LogP contribution is 2.31. The molecular weight excluding hydrogens is 298 g/mol. The molecule has 0 N–H and O–H groups in total. The van der Waals surface area contributed by atoms with Crippen LogP contribution in [-0.4, -0.2) is 37.8 Å². The largest absolute Gasteiger partial charge is 0.337 e. The number of carbonyl (C=O) groups excluding carboxylic acids is 1. The van der Waals surface area contributed by atoms with E-state index in [9.17, 15) is 4.79 Å². The van der Waals surface area contributed by atoms with Gasteiger partial charge >= 0.3 is 0 Å². The molecule has 0 saturated carbocycles. The number of rotatable bonds is 4. The van der Waals surface area contributed by atoms with Crippen LogP contribution in [0.3, 0.4) is 0 Å². The highest BCUT2D eigenvalue weighted by molar-refractivity contribution is 5.79. The lowest BCUT2D eigenvalue weighted by Gasteiger charge is -2.33. The first-order chi connectivity index (χ1) is 11.1. The summed E-state index contributed by atoms with van der Waals surface area (Å²) >= 11 is 0. The second kappa shape index (κ2) is 6.47. The molecule has 2 aromatic heterocycles. The van der Waals surface area contributed by atoms with Gasteiger partial charge < -0.3 is 9.42 Å². The summed E-state index contributed by atoms with van der Waals surface area (Å²) in [6.45, 7) is 6.49. The summed E-state index contributed by atoms with van der Waals surface area (Å²) in [7, 11) is 0. The lowest BCUT2D eigenvalue weighted by molar-refractivity contribution is -0.135. The fourth-order valence-corrected chi connectivity index (χ4v) is 2.76. The van der Waals surface area contributed by atoms with E-state index in [2.05, 4.69) is 25.1 Å². The predicted molar refractivity (Wildman–Crippen MR) is 79.4 cm³/mol. The minimum atomic E-state index is -0.156. The van der Waals surface area contributed by atoms with Crippen LogP contribution in [0.4, 0.5) is 0 Å². The van der Waals surface area contributed by atoms with Gasteiger partial charge in [0.25, 0.3) is 0 Å². The van der Waals surface area contributed by atoms with Gasteiger partial charge in [0.1, 0.15) is 17.4 Å². The second-order valence-corrected chi connectivity index (χ2v) is 6.22. The Bertz CT molecular complexity index is 678. The Balaban J connectivity index is 1.77. The zero-order chi connectivity index (χ0) is 16.4. The highest BCUT2D eigenvalue weighted by atomic mass is 16.6. The first-order valence-electron chi connectivity index (χ1n) is 7.97. The van der Waals surface area contributed by atoms with Crippen LogP contribution in [0.1, 0.15) is 68.2 Å². The fraction of sp³-hybridized carbons (Fsp3) is 0.667. The van der Waals surface area contributed by atoms with Crippen molar-refractivity contribution in [2.45, 2.75) is 58.4 Å². The monoisotopic (exact) mass is 319 g/mol. The standard InChI is InChI=1S/C15H21N5O3/c1-9(2)14-16-15(22-19-14)12-6-4-5-7-20(12)13(21)8-11-10(3)17-23-18-11/h9,12H,4-8H2,1-3H3/t12-/m1/s1. The van der Waals surface area contributed by atoms with Crippen LogP contribution in [0.15, 0.2) is 9.15 Å². The summed E-state index contributed by atoms with van der Waals surface area (Å²) in [5, 5.41) is 11.5. The Morgan fingerprint density at radius 3 is 2.78 bits per heavy atom. The molecule has 8 heteroatoms. The molecule has 3 heterocycles. The first-order valence-corrected chi connectivity index (χ1v) is 7.97. The lowest BCUT2D eigenvalue weighted by atomic mass is 10.0. The van der Waals surface area contributed by atoms with E-state index in [0.717, 1.165) is 19.3 Å². The summed E-state index contributed by atoms with van der Waals surface area (Å²) in [6, 6.07) is -0.156. The lowest BCUT2D eigenvalue weighted by Crippen LogP contribution is -2.39. The molecule has 0 radical (unpaired) electrons. The van der Waals surface area contributed by atoms with Gasteiger partial charge in [-0.1, -0.05) is 29.3 Å². The summed E-state index contributed by atoms with van der Waals surface area (Å²) in [5.74, 6) is 1.38. The summed E-state index contributed by atoms with van der Waals surface area (Å²) in [5.41, 5.74) is 1.22. The highest BCUT2D eigenvalue weighted by Gasteiger charge is 2.32. The first kappa shape index (κ1) is 15.6. The van der Waals surface area contributed by atoms with Gasteiger partial charge in [-0.05, 0) is 26.2 Å². The van der Waals surface area contributed by atoms with Crippen molar-refractivity contribution < 1.29 is 13.9 Å². The van der Waals surface area contributed by atoms with Gasteiger partial charge in [-0.15, -0.1) is 0 Å². The van der Waals surface area contributed by atoms with E-state index in [4.69, 9.17) is 4.52 Å². The minimum absolute atomic E-state index is 0.0159. The molecule has 1 fully saturated rings. The zero-order valence-corrected chi connectivity index (χ0v) is 13.7. The molecule has 0 aliphatic carbocycles. The fourth-order valence-electron chi connectivity index (χ4n) is 2.76. The second-order valence-electron chi connectivity index (χ2n) is 6.22. The van der Waals surface area contributed by atoms with Gasteiger partial charge in [0, 0.05) is 12.5 Å². The minimum Gasteiger partial charge on any atom is -0.337 e. The van der Waals surface area contributed by atoms with Gasteiger partial charge in [0.2, 0.25) is 11.8 Å². The number of piperidine rings is 1. The number of nitrogens with zero attached hydrogens (tertiary/aromatic N) is 5. The molecule has 2 aromatic rings. The van der Waals surface area contributed by atoms with Gasteiger partial charge in [0.05, 0.1) is 6.42 Å². The molecule has 0 spiro atoms. The quantitative estimate of drug-likeness (QED) is 0.851. The van der Waals surface area contributed by atoms with E-state index in [0.29, 0.717) is 29.6 Å². The summed E-state index contributed by atoms with van der Waals surface area (Å²) in [4.78, 5) is 18.9. The van der Waals surface area contributed by atoms with Crippen molar-refractivity contribution in [2.24, 2.45) is 0 Å². The van der Waals surface area contributed by atoms with Gasteiger partial charge in [-0.3, -0.25) is 4.79 Å². The van der Waals surface area contributed by atoms with E-state index < -0.39 is 0 Å². The van der Waals surface area contributed by atoms with Crippen molar-refractivity contribution in [3.63, 3.8) is 0 Å². The van der Waals surface area contributed by atoms with E-state index in [1.165, 1.54) is 0 Å². The van der Waals surface area contributed by atoms with Crippen LogP contribution in [0.25, 0.3) is 0 Å². The molecule has 8 nitrogen and oxygen atoms in total. The molecule has 124 valence electrons. The van der Waals surface area contributed by atoms with E-state index in [-0.39, 0.29) is 24.3 Å². The Morgan fingerprint density at radius 1 is 1.30 bits per heavy atom. The van der Waals surface area contributed by atoms with Gasteiger partial charge in [0.15, 0.2) is 5.82 Å². The maximum absolute atomic E-state index is 12.7. The number of hydrogen-bond donors (Lipinski definition) is 0. The molecule has 1 aliphatic rings. The third-order valence-corrected chi connectivity index (χ3v) is 4.15. The van der Waals surface area contributed by atoms with Crippen molar-refractivity contribution in [3.8, 4) is 0 Å². The smallest absolute Gasteiger partial charge is 0.249 e. The Hall–Kier alpha value is -2.25. The van der Waals surface area contributed by atoms with Crippen molar-refractivity contribution in [1.82, 2.24) is 25.4 Å². The van der Waals surface area contributed by atoms with E-state index in [1.807, 2.05) is 18.7 Å². The third kappa shape index (κ3) is 3.25. The van der Waals surface area contributed by atoms with Crippen LogP contribution in [0.2, 0.25) is 0 Å². The molecule has 3 rings (SSSR count). The number of likely N-dealkylation sites (tertiary alicyclic amines) is 1. The average molecular weight is 319 g/mol. The molecular formula is C15H21N5O3. The normalized spacial score (nSPS) is 18.6. The van der Waals surface area contributed by atoms with Crippen molar-refractivity contribution in [1.29, 1.82) is 0 Å². The van der Waals surface area contributed by atoms with Gasteiger partial charge in [-0.2, -0.15) is 4.98 Å². The van der Waals surface area contributed by atoms with Crippen LogP contribution < -0.4 is 0 Å². The SMILES string of the molecule is Cc1nonc1CC(=O)N1CCCC[C@@H]1c1nc(C(C)C)no1. The molecule has 1 saturated heterocycles. The van der Waals surface area contributed by atoms with Crippen molar-refractivity contribution in [2.75, 3.05) is 6.54 Å². The van der Waals surface area contributed by atoms with Crippen molar-refractivity contribution in [3.05, 3.63) is 23.1 Å². The number of aryl methyl sites for hydroxylation is 1. The van der Waals surface area contributed by atoms with Crippen LogP contribution in [0, 0.1) is 6.92 Å². The number of hydrogen-bond acceptors (Lipinski definition) is 7. The molecule has 0 unspecified atom stereocenters. The van der Waals surface area contributed by atoms with E-state index in [1.54, 1.807) is 6.92 Å². The number of amides is 1. The topological polar surface area (TPSA) is 98.2 Å². The Labute approximate surface area is 134 Å². The molecule has 1 amide bonds. The molecule has 1 atom stereocenters. The Morgan fingerprint density at radius 2 is 2.13 bits per heavy atom. The Kier molecular flexibility index (Phi) is 4.40. The van der Waals surface area contributed by atoms with Crippen molar-refractivity contribution >= 4 is 5.91 Å². The third-order valence-electron chi connectivity index (χ3n) is 4.15. The zero-order valence-electron chi connectivity index (χ0n) is 13.7. The predicted octanol–water partition coefficient (Wildman–Crippen LogP) is 2.18. The molecule has 0 bridgehead atoms. The van der Waals surface area contributed by atoms with Crippen LogP contribution in [-0.2, 0) is 11.2 Å². The summed E-state index contributed by atoms with van der Waals surface area (Å²) in [6.07, 6.45) is 3.03. The van der Waals surface area contributed by atoms with Crippen LogP contribution >= 0.6 is 0 Å². The van der Waals surface area contributed by atoms with Crippen LogP contribution in [0.5, 0.6) is 0 Å². The molecule has 0 aromatic carbocycles. The molecule has 23 heavy (non-hydrogen) atoms. The maximum Gasteiger partial charge on any atom is 0.249 e. The molecule has 1 aliphatic heterocycles. The average Bonchev–Trinajstić information content (AvgIpc) is 3.17. The summed E-state index contributed by atoms with van der Waals surface area (Å²) < 4.78 is 10.1. The maximum atomic E-state index is 12.7. The number of aromatic nitrogens is 4. The van der Waals surface area contributed by atoms with Gasteiger partial charge in [-0.25, -0.2) is 4.63 Å².